The molecule has 2 saturated carbocycles. The summed E-state index contributed by atoms with van der Waals surface area (Å²) in [4.78, 5) is 20.5. The second-order valence-electron chi connectivity index (χ2n) is 7.61. The number of hydrogen-bond donors (Lipinski definition) is 3. The Hall–Kier alpha value is -2.00. The zero-order valence-corrected chi connectivity index (χ0v) is 16.6. The fourth-order valence-electron chi connectivity index (χ4n) is 4.76. The number of benzene rings is 1. The maximum absolute atomic E-state index is 14.4. The van der Waals surface area contributed by atoms with Gasteiger partial charge in [-0.3, -0.25) is 4.79 Å². The van der Waals surface area contributed by atoms with Crippen molar-refractivity contribution in [1.29, 1.82) is 0 Å². The van der Waals surface area contributed by atoms with Gasteiger partial charge in [-0.15, -0.1) is 0 Å². The SMILES string of the molecule is NC(=O)[C@H]1[C@@H]2C[C@H]3[C@H]1Nc1nc(ncc1F)Nc1cccc(c1)CSS[C@@H]3C2. The molecule has 1 aliphatic heterocycles. The number of anilines is 3. The third-order valence-electron chi connectivity index (χ3n) is 5.92. The molecule has 5 rings (SSSR count). The van der Waals surface area contributed by atoms with Gasteiger partial charge in [0.1, 0.15) is 0 Å². The molecule has 6 bridgehead atoms. The van der Waals surface area contributed by atoms with Gasteiger partial charge in [0, 0.05) is 22.7 Å². The summed E-state index contributed by atoms with van der Waals surface area (Å²) in [6, 6.07) is 7.87. The zero-order chi connectivity index (χ0) is 19.3. The summed E-state index contributed by atoms with van der Waals surface area (Å²) in [5.41, 5.74) is 7.77. The van der Waals surface area contributed by atoms with E-state index in [0.29, 0.717) is 11.2 Å². The lowest BCUT2D eigenvalue weighted by molar-refractivity contribution is -0.123. The summed E-state index contributed by atoms with van der Waals surface area (Å²) in [7, 11) is 3.70. The maximum Gasteiger partial charge on any atom is 0.229 e. The molecule has 0 saturated heterocycles. The lowest BCUT2D eigenvalue weighted by Crippen LogP contribution is -2.46. The van der Waals surface area contributed by atoms with E-state index in [0.717, 1.165) is 30.5 Å². The lowest BCUT2D eigenvalue weighted by atomic mass is 9.83. The number of nitrogens with one attached hydrogen (secondary N) is 2. The van der Waals surface area contributed by atoms with Crippen molar-refractivity contribution in [2.45, 2.75) is 29.9 Å². The first-order valence-electron chi connectivity index (χ1n) is 9.31. The summed E-state index contributed by atoms with van der Waals surface area (Å²) in [5, 5.41) is 6.77. The largest absolute Gasteiger partial charge is 0.369 e. The molecule has 3 aliphatic rings. The summed E-state index contributed by atoms with van der Waals surface area (Å²) in [5.74, 6) is 0.693. The third-order valence-corrected chi connectivity index (χ3v) is 8.80. The van der Waals surface area contributed by atoms with Gasteiger partial charge in [-0.05, 0) is 42.4 Å². The number of amides is 1. The topological polar surface area (TPSA) is 92.9 Å². The van der Waals surface area contributed by atoms with Crippen LogP contribution in [0.25, 0.3) is 0 Å². The molecule has 2 heterocycles. The highest BCUT2D eigenvalue weighted by molar-refractivity contribution is 8.76. The molecule has 0 spiro atoms. The van der Waals surface area contributed by atoms with E-state index >= 15 is 0 Å². The summed E-state index contributed by atoms with van der Waals surface area (Å²) in [6.45, 7) is 0. The number of rotatable bonds is 1. The normalized spacial score (nSPS) is 30.8. The van der Waals surface area contributed by atoms with E-state index in [-0.39, 0.29) is 35.5 Å². The Bertz CT molecular complexity index is 929. The molecule has 0 radical (unpaired) electrons. The van der Waals surface area contributed by atoms with E-state index in [2.05, 4.69) is 32.7 Å². The maximum atomic E-state index is 14.4. The van der Waals surface area contributed by atoms with Crippen LogP contribution in [0, 0.1) is 23.6 Å². The van der Waals surface area contributed by atoms with Gasteiger partial charge < -0.3 is 16.4 Å². The summed E-state index contributed by atoms with van der Waals surface area (Å²) in [6.07, 6.45) is 3.08. The Kier molecular flexibility index (Phi) is 4.59. The van der Waals surface area contributed by atoms with Gasteiger partial charge in [-0.25, -0.2) is 9.37 Å². The van der Waals surface area contributed by atoms with Crippen molar-refractivity contribution in [2.75, 3.05) is 10.6 Å². The number of carbonyl (C=O) groups excluding carboxylic acids is 1. The van der Waals surface area contributed by atoms with Crippen LogP contribution < -0.4 is 16.4 Å². The number of nitrogens with zero attached hydrogens (tertiary/aromatic N) is 2. The first kappa shape index (κ1) is 18.1. The second-order valence-corrected chi connectivity index (χ2v) is 10.2. The van der Waals surface area contributed by atoms with Gasteiger partial charge in [-0.2, -0.15) is 4.98 Å². The standard InChI is InChI=1S/C19H20FN5OS2/c20-13-7-22-19-23-11-3-1-2-9(4-11)8-27-28-14-6-10-5-12(14)16(15(10)17(21)26)24-18(13)25-19/h1-4,7,10,12,14-16H,5-6,8H2,(H2,21,26)(H2,22,23,24,25)/t10-,12-,14-,15+,16-/m1/s1. The predicted octanol–water partition coefficient (Wildman–Crippen LogP) is 3.54. The fourth-order valence-corrected chi connectivity index (χ4v) is 7.87. The molecule has 146 valence electrons. The van der Waals surface area contributed by atoms with Crippen molar-refractivity contribution in [3.8, 4) is 0 Å². The van der Waals surface area contributed by atoms with Crippen LogP contribution in [0.1, 0.15) is 18.4 Å². The quantitative estimate of drug-likeness (QED) is 0.611. The minimum absolute atomic E-state index is 0.117. The molecule has 2 fully saturated rings. The molecule has 4 N–H and O–H groups in total. The molecule has 2 aliphatic carbocycles. The fraction of sp³-hybridized carbons (Fsp3) is 0.421. The van der Waals surface area contributed by atoms with Gasteiger partial charge in [-0.1, -0.05) is 33.7 Å². The second kappa shape index (κ2) is 7.11. The number of fused-ring (bicyclic) bond motifs is 5. The van der Waals surface area contributed by atoms with Crippen LogP contribution in [-0.2, 0) is 10.5 Å². The van der Waals surface area contributed by atoms with Gasteiger partial charge >= 0.3 is 0 Å². The van der Waals surface area contributed by atoms with Crippen molar-refractivity contribution in [1.82, 2.24) is 9.97 Å². The van der Waals surface area contributed by atoms with Crippen LogP contribution in [0.4, 0.5) is 21.8 Å². The molecule has 28 heavy (non-hydrogen) atoms. The van der Waals surface area contributed by atoms with Crippen molar-refractivity contribution in [3.05, 3.63) is 41.8 Å². The Morgan fingerprint density at radius 2 is 2.21 bits per heavy atom. The minimum Gasteiger partial charge on any atom is -0.369 e. The van der Waals surface area contributed by atoms with E-state index in [1.165, 1.54) is 5.56 Å². The van der Waals surface area contributed by atoms with Crippen LogP contribution in [0.2, 0.25) is 0 Å². The molecule has 0 unspecified atom stereocenters. The highest BCUT2D eigenvalue weighted by Crippen LogP contribution is 2.55. The van der Waals surface area contributed by atoms with E-state index in [1.54, 1.807) is 0 Å². The number of halogens is 1. The molecular weight excluding hydrogens is 397 g/mol. The molecule has 1 aromatic carbocycles. The van der Waals surface area contributed by atoms with Gasteiger partial charge in [0.05, 0.1) is 12.1 Å². The number of hydrogen-bond acceptors (Lipinski definition) is 7. The minimum atomic E-state index is -0.532. The van der Waals surface area contributed by atoms with E-state index in [9.17, 15) is 9.18 Å². The number of primary amides is 1. The molecule has 5 atom stereocenters. The Morgan fingerprint density at radius 1 is 1.32 bits per heavy atom. The van der Waals surface area contributed by atoms with Crippen molar-refractivity contribution in [3.63, 3.8) is 0 Å². The van der Waals surface area contributed by atoms with Gasteiger partial charge in [0.15, 0.2) is 11.6 Å². The average Bonchev–Trinajstić information content (AvgIpc) is 3.22. The van der Waals surface area contributed by atoms with Gasteiger partial charge in [0.25, 0.3) is 0 Å². The average molecular weight is 418 g/mol. The van der Waals surface area contributed by atoms with Crippen molar-refractivity contribution < 1.29 is 9.18 Å². The third kappa shape index (κ3) is 3.20. The first-order valence-corrected chi connectivity index (χ1v) is 11.7. The lowest BCUT2D eigenvalue weighted by Gasteiger charge is -2.34. The smallest absolute Gasteiger partial charge is 0.229 e. The van der Waals surface area contributed by atoms with Crippen LogP contribution >= 0.6 is 21.6 Å². The van der Waals surface area contributed by atoms with E-state index < -0.39 is 5.82 Å². The Balaban J connectivity index is 1.54. The highest BCUT2D eigenvalue weighted by Gasteiger charge is 2.55. The monoisotopic (exact) mass is 417 g/mol. The molecule has 6 nitrogen and oxygen atoms in total. The highest BCUT2D eigenvalue weighted by atomic mass is 33.1. The summed E-state index contributed by atoms with van der Waals surface area (Å²) >= 11 is 0. The van der Waals surface area contributed by atoms with Crippen LogP contribution in [0.5, 0.6) is 0 Å². The van der Waals surface area contributed by atoms with E-state index in [4.69, 9.17) is 5.73 Å². The number of nitrogens with two attached hydrogens (primary N) is 1. The Morgan fingerprint density at radius 3 is 3.07 bits per heavy atom. The van der Waals surface area contributed by atoms with Crippen LogP contribution in [0.15, 0.2) is 30.5 Å². The van der Waals surface area contributed by atoms with Crippen molar-refractivity contribution in [2.24, 2.45) is 23.5 Å². The zero-order valence-electron chi connectivity index (χ0n) is 15.0. The van der Waals surface area contributed by atoms with Gasteiger partial charge in [0.2, 0.25) is 11.9 Å². The molecule has 1 amide bonds. The Labute approximate surface area is 170 Å². The number of aromatic nitrogens is 2. The molecule has 2 aromatic rings. The molecule has 1 aromatic heterocycles. The summed E-state index contributed by atoms with van der Waals surface area (Å²) < 4.78 is 14.4. The molecule has 9 heteroatoms. The predicted molar refractivity (Wildman–Crippen MR) is 111 cm³/mol. The van der Waals surface area contributed by atoms with Crippen molar-refractivity contribution >= 4 is 44.9 Å². The van der Waals surface area contributed by atoms with E-state index in [1.807, 2.05) is 33.7 Å². The van der Waals surface area contributed by atoms with Crippen LogP contribution in [0.3, 0.4) is 0 Å². The first-order chi connectivity index (χ1) is 13.6. The van der Waals surface area contributed by atoms with Crippen LogP contribution in [-0.4, -0.2) is 27.2 Å². The number of carbonyl (C=O) groups is 1. The molecular formula is C19H20FN5OS2.